The van der Waals surface area contributed by atoms with E-state index in [1.807, 2.05) is 74.5 Å². The molecule has 10 heteroatoms. The minimum atomic E-state index is -4.24. The number of aryl methyl sites for hydroxylation is 2. The van der Waals surface area contributed by atoms with Crippen molar-refractivity contribution in [2.45, 2.75) is 42.0 Å². The molecule has 0 saturated carbocycles. The third kappa shape index (κ3) is 5.65. The van der Waals surface area contributed by atoms with Gasteiger partial charge in [-0.25, -0.2) is 25.3 Å². The molecular formula is C31H30BClN2O4S2. The minimum absolute atomic E-state index is 0.0654. The highest BCUT2D eigenvalue weighted by Crippen LogP contribution is 2.51. The molecule has 4 aromatic carbocycles. The van der Waals surface area contributed by atoms with Crippen molar-refractivity contribution in [1.29, 1.82) is 0 Å². The van der Waals surface area contributed by atoms with E-state index in [9.17, 15) is 16.8 Å². The summed E-state index contributed by atoms with van der Waals surface area (Å²) in [4.78, 5) is 0.131. The van der Waals surface area contributed by atoms with Crippen LogP contribution in [0.2, 0.25) is 6.32 Å². The van der Waals surface area contributed by atoms with Gasteiger partial charge in [0.15, 0.2) is 0 Å². The molecule has 210 valence electrons. The molecule has 5 rings (SSSR count). The van der Waals surface area contributed by atoms with Crippen LogP contribution in [0.15, 0.2) is 131 Å². The van der Waals surface area contributed by atoms with Crippen LogP contribution in [0.3, 0.4) is 0 Å². The Kier molecular flexibility index (Phi) is 8.28. The molecule has 0 aromatic heterocycles. The number of allylic oxidation sites excluding steroid dienone is 1. The molecule has 2 atom stereocenters. The lowest BCUT2D eigenvalue weighted by molar-refractivity contribution is 0.377. The van der Waals surface area contributed by atoms with Crippen molar-refractivity contribution in [3.8, 4) is 0 Å². The summed E-state index contributed by atoms with van der Waals surface area (Å²) in [7, 11) is -8.49. The van der Waals surface area contributed by atoms with E-state index in [-0.39, 0.29) is 21.1 Å². The van der Waals surface area contributed by atoms with E-state index in [4.69, 9.17) is 11.6 Å². The Morgan fingerprint density at radius 2 is 1.00 bits per heavy atom. The zero-order valence-corrected chi connectivity index (χ0v) is 25.1. The average Bonchev–Trinajstić information content (AvgIpc) is 3.30. The first kappa shape index (κ1) is 29.3. The monoisotopic (exact) mass is 604 g/mol. The van der Waals surface area contributed by atoms with Crippen LogP contribution < -0.4 is 0 Å². The first-order valence-electron chi connectivity index (χ1n) is 13.2. The first-order valence-corrected chi connectivity index (χ1v) is 16.4. The number of halogens is 1. The summed E-state index contributed by atoms with van der Waals surface area (Å²) in [6.07, 6.45) is -0.107. The molecule has 1 aliphatic heterocycles. The Balaban J connectivity index is 1.84. The van der Waals surface area contributed by atoms with Gasteiger partial charge in [-0.1, -0.05) is 114 Å². The highest BCUT2D eigenvalue weighted by atomic mass is 35.5. The lowest BCUT2D eigenvalue weighted by Gasteiger charge is -2.30. The Hall–Kier alpha value is -3.21. The molecule has 0 unspecified atom stereocenters. The lowest BCUT2D eigenvalue weighted by atomic mass is 9.73. The van der Waals surface area contributed by atoms with Crippen molar-refractivity contribution in [3.63, 3.8) is 0 Å². The Morgan fingerprint density at radius 3 is 1.32 bits per heavy atom. The van der Waals surface area contributed by atoms with Crippen molar-refractivity contribution < 1.29 is 16.8 Å². The van der Waals surface area contributed by atoms with Gasteiger partial charge in [-0.3, -0.25) is 0 Å². The molecule has 1 heterocycles. The number of benzene rings is 4. The van der Waals surface area contributed by atoms with Crippen molar-refractivity contribution in [2.24, 2.45) is 0 Å². The number of sulfonamides is 2. The standard InChI is InChI=1S/C31H30BClN2O4S2/c1-23-14-18-28(19-15-23)40(36,37)34-30(26-10-6-4-7-11-26)31(27-12-8-5-9-13-27)35(32(34)22-25(3)33)41(38,39)29-20-16-24(2)17-21-29/h4-21,30-31H,3,22H2,1-2H3/t30-,31-/m1/s1. The van der Waals surface area contributed by atoms with E-state index in [1.165, 1.54) is 8.43 Å². The van der Waals surface area contributed by atoms with Gasteiger partial charge >= 0.3 is 6.98 Å². The molecule has 41 heavy (non-hydrogen) atoms. The SMILES string of the molecule is C=C(Cl)CB1N(S(=O)(=O)c2ccc(C)cc2)[C@H](c2ccccc2)[C@@H](c2ccccc2)N1S(=O)(=O)c1ccc(C)cc1. The quantitative estimate of drug-likeness (QED) is 0.209. The number of nitrogens with zero attached hydrogens (tertiary/aromatic N) is 2. The zero-order chi connectivity index (χ0) is 29.4. The summed E-state index contributed by atoms with van der Waals surface area (Å²) in [5.41, 5.74) is 3.12. The Morgan fingerprint density at radius 1 is 0.659 bits per heavy atom. The number of rotatable bonds is 8. The largest absolute Gasteiger partial charge is 0.348 e. The molecule has 4 aromatic rings. The van der Waals surface area contributed by atoms with Crippen LogP contribution >= 0.6 is 11.6 Å². The van der Waals surface area contributed by atoms with Crippen molar-refractivity contribution in [3.05, 3.63) is 143 Å². The van der Waals surface area contributed by atoms with E-state index in [0.29, 0.717) is 11.1 Å². The van der Waals surface area contributed by atoms with Gasteiger partial charge in [0.25, 0.3) is 0 Å². The molecule has 6 nitrogen and oxygen atoms in total. The van der Waals surface area contributed by atoms with Crippen molar-refractivity contribution in [1.82, 2.24) is 8.43 Å². The number of hydrogen-bond acceptors (Lipinski definition) is 4. The van der Waals surface area contributed by atoms with Gasteiger partial charge in [0, 0.05) is 5.03 Å². The van der Waals surface area contributed by atoms with E-state index in [2.05, 4.69) is 6.58 Å². The van der Waals surface area contributed by atoms with Gasteiger partial charge < -0.3 is 0 Å². The second-order valence-electron chi connectivity index (χ2n) is 10.2. The maximum atomic E-state index is 14.6. The first-order chi connectivity index (χ1) is 19.5. The predicted molar refractivity (Wildman–Crippen MR) is 164 cm³/mol. The molecule has 0 bridgehead atoms. The van der Waals surface area contributed by atoms with E-state index in [0.717, 1.165) is 11.1 Å². The highest BCUT2D eigenvalue weighted by molar-refractivity contribution is 7.92. The molecule has 0 spiro atoms. The molecule has 0 aliphatic carbocycles. The second-order valence-corrected chi connectivity index (χ2v) is 14.4. The average molecular weight is 605 g/mol. The lowest BCUT2D eigenvalue weighted by Crippen LogP contribution is -2.49. The summed E-state index contributed by atoms with van der Waals surface area (Å²) in [5.74, 6) is 0. The Bertz CT molecular complexity index is 1630. The summed E-state index contributed by atoms with van der Waals surface area (Å²) < 4.78 is 61.0. The van der Waals surface area contributed by atoms with Crippen LogP contribution in [0, 0.1) is 13.8 Å². The molecular weight excluding hydrogens is 575 g/mol. The van der Waals surface area contributed by atoms with Crippen LogP contribution in [-0.2, 0) is 20.0 Å². The van der Waals surface area contributed by atoms with E-state index >= 15 is 0 Å². The van der Waals surface area contributed by atoms with Gasteiger partial charge in [-0.2, -0.15) is 0 Å². The van der Waals surface area contributed by atoms with Gasteiger partial charge in [0.2, 0.25) is 20.0 Å². The van der Waals surface area contributed by atoms with Crippen LogP contribution in [-0.4, -0.2) is 32.3 Å². The predicted octanol–water partition coefficient (Wildman–Crippen LogP) is 6.72. The number of hydrogen-bond donors (Lipinski definition) is 0. The minimum Gasteiger partial charge on any atom is -0.211 e. The molecule has 1 saturated heterocycles. The highest BCUT2D eigenvalue weighted by Gasteiger charge is 2.60. The van der Waals surface area contributed by atoms with Gasteiger partial charge in [-0.05, 0) is 55.6 Å². The van der Waals surface area contributed by atoms with Crippen LogP contribution in [0.5, 0.6) is 0 Å². The maximum absolute atomic E-state index is 14.6. The van der Waals surface area contributed by atoms with Crippen LogP contribution in [0.25, 0.3) is 0 Å². The molecule has 1 aliphatic rings. The maximum Gasteiger partial charge on any atom is 0.348 e. The molecule has 1 fully saturated rings. The summed E-state index contributed by atoms with van der Waals surface area (Å²) in [6, 6.07) is 29.6. The third-order valence-electron chi connectivity index (χ3n) is 7.31. The fourth-order valence-corrected chi connectivity index (χ4v) is 9.09. The van der Waals surface area contributed by atoms with Crippen molar-refractivity contribution >= 4 is 38.6 Å². The summed E-state index contributed by atoms with van der Waals surface area (Å²) >= 11 is 6.37. The molecule has 0 amide bonds. The zero-order valence-electron chi connectivity index (χ0n) is 22.8. The van der Waals surface area contributed by atoms with Crippen LogP contribution in [0.1, 0.15) is 34.3 Å². The fourth-order valence-electron chi connectivity index (χ4n) is 5.38. The Labute approximate surface area is 248 Å². The third-order valence-corrected chi connectivity index (χ3v) is 11.3. The second kappa shape index (κ2) is 11.6. The van der Waals surface area contributed by atoms with Crippen molar-refractivity contribution in [2.75, 3.05) is 0 Å². The van der Waals surface area contributed by atoms with Gasteiger partial charge in [0.05, 0.1) is 21.9 Å². The smallest absolute Gasteiger partial charge is 0.211 e. The molecule has 0 radical (unpaired) electrons. The van der Waals surface area contributed by atoms with Gasteiger partial charge in [-0.15, -0.1) is 0 Å². The topological polar surface area (TPSA) is 74.8 Å². The van der Waals surface area contributed by atoms with E-state index in [1.54, 1.807) is 48.5 Å². The molecule has 0 N–H and O–H groups in total. The summed E-state index contributed by atoms with van der Waals surface area (Å²) in [6.45, 7) is 6.40. The fraction of sp³-hybridized carbons (Fsp3) is 0.161. The summed E-state index contributed by atoms with van der Waals surface area (Å²) in [5, 5.41) is 0.142. The van der Waals surface area contributed by atoms with Crippen LogP contribution in [0.4, 0.5) is 0 Å². The van der Waals surface area contributed by atoms with E-state index < -0.39 is 39.1 Å². The normalized spacial score (nSPS) is 18.5. The van der Waals surface area contributed by atoms with Gasteiger partial charge in [0.1, 0.15) is 0 Å².